The smallest absolute Gasteiger partial charge is 0.325 e. The molecule has 1 aliphatic heterocycles. The summed E-state index contributed by atoms with van der Waals surface area (Å²) in [7, 11) is 0. The van der Waals surface area contributed by atoms with Crippen molar-refractivity contribution in [2.45, 2.75) is 38.8 Å². The van der Waals surface area contributed by atoms with E-state index in [1.165, 1.54) is 4.90 Å². The van der Waals surface area contributed by atoms with Crippen LogP contribution in [-0.2, 0) is 14.3 Å². The first kappa shape index (κ1) is 17.8. The number of carbonyl (C=O) groups is 3. The molecule has 1 heterocycles. The maximum atomic E-state index is 11.9. The van der Waals surface area contributed by atoms with Gasteiger partial charge in [-0.1, -0.05) is 0 Å². The SMILES string of the molecule is CCOC(=O)C(N)CCSCCN1C(=O)NC(C)(C)C1=O. The Bertz CT molecular complexity index is 414. The summed E-state index contributed by atoms with van der Waals surface area (Å²) in [5, 5.41) is 2.63. The largest absolute Gasteiger partial charge is 0.465 e. The van der Waals surface area contributed by atoms with E-state index in [0.717, 1.165) is 0 Å². The number of ether oxygens (including phenoxy) is 1. The number of nitrogens with zero attached hydrogens (tertiary/aromatic N) is 1. The lowest BCUT2D eigenvalue weighted by molar-refractivity contribution is -0.144. The zero-order valence-corrected chi connectivity index (χ0v) is 13.5. The van der Waals surface area contributed by atoms with Crippen molar-refractivity contribution >= 4 is 29.7 Å². The van der Waals surface area contributed by atoms with Crippen LogP contribution in [0.15, 0.2) is 0 Å². The molecule has 0 radical (unpaired) electrons. The summed E-state index contributed by atoms with van der Waals surface area (Å²) in [6, 6.07) is -0.970. The van der Waals surface area contributed by atoms with Crippen LogP contribution < -0.4 is 11.1 Å². The third-order valence-electron chi connectivity index (χ3n) is 3.07. The first-order valence-corrected chi connectivity index (χ1v) is 8.09. The number of nitrogens with one attached hydrogen (secondary N) is 1. The van der Waals surface area contributed by atoms with Crippen molar-refractivity contribution < 1.29 is 19.1 Å². The molecule has 0 saturated carbocycles. The fourth-order valence-corrected chi connectivity index (χ4v) is 2.79. The molecule has 3 N–H and O–H groups in total. The van der Waals surface area contributed by atoms with Crippen LogP contribution in [0.4, 0.5) is 4.79 Å². The highest BCUT2D eigenvalue weighted by Gasteiger charge is 2.43. The molecule has 0 aromatic carbocycles. The van der Waals surface area contributed by atoms with Gasteiger partial charge in [-0.05, 0) is 32.9 Å². The molecule has 21 heavy (non-hydrogen) atoms. The Labute approximate surface area is 128 Å². The van der Waals surface area contributed by atoms with E-state index in [1.54, 1.807) is 32.5 Å². The molecule has 0 aromatic heterocycles. The van der Waals surface area contributed by atoms with Gasteiger partial charge in [0.15, 0.2) is 0 Å². The normalized spacial score (nSPS) is 18.6. The molecular formula is C13H23N3O4S. The number of nitrogens with two attached hydrogens (primary N) is 1. The van der Waals surface area contributed by atoms with Crippen LogP contribution in [0.5, 0.6) is 0 Å². The lowest BCUT2D eigenvalue weighted by atomic mass is 10.1. The van der Waals surface area contributed by atoms with Crippen LogP contribution in [0.3, 0.4) is 0 Å². The van der Waals surface area contributed by atoms with Gasteiger partial charge >= 0.3 is 12.0 Å². The first-order chi connectivity index (χ1) is 9.79. The summed E-state index contributed by atoms with van der Waals surface area (Å²) >= 11 is 1.55. The van der Waals surface area contributed by atoms with Gasteiger partial charge in [0.25, 0.3) is 5.91 Å². The van der Waals surface area contributed by atoms with Crippen LogP contribution in [0.2, 0.25) is 0 Å². The zero-order valence-electron chi connectivity index (χ0n) is 12.7. The summed E-state index contributed by atoms with van der Waals surface area (Å²) in [5.74, 6) is 0.683. The Morgan fingerprint density at radius 1 is 1.43 bits per heavy atom. The van der Waals surface area contributed by atoms with Crippen LogP contribution >= 0.6 is 11.8 Å². The molecule has 7 nitrogen and oxygen atoms in total. The molecule has 1 saturated heterocycles. The van der Waals surface area contributed by atoms with Crippen molar-refractivity contribution in [1.29, 1.82) is 0 Å². The van der Waals surface area contributed by atoms with E-state index in [0.29, 0.717) is 31.1 Å². The van der Waals surface area contributed by atoms with Crippen molar-refractivity contribution in [2.75, 3.05) is 24.7 Å². The minimum Gasteiger partial charge on any atom is -0.465 e. The van der Waals surface area contributed by atoms with Crippen LogP contribution in [0.1, 0.15) is 27.2 Å². The predicted molar refractivity (Wildman–Crippen MR) is 80.9 cm³/mol. The van der Waals surface area contributed by atoms with Crippen molar-refractivity contribution in [3.63, 3.8) is 0 Å². The number of amides is 3. The number of hydrogen-bond acceptors (Lipinski definition) is 6. The number of esters is 1. The van der Waals surface area contributed by atoms with Gasteiger partial charge < -0.3 is 15.8 Å². The maximum Gasteiger partial charge on any atom is 0.325 e. The van der Waals surface area contributed by atoms with Crippen LogP contribution in [0, 0.1) is 0 Å². The van der Waals surface area contributed by atoms with E-state index in [1.807, 2.05) is 0 Å². The summed E-state index contributed by atoms with van der Waals surface area (Å²) in [6.45, 7) is 5.77. The average molecular weight is 317 g/mol. The lowest BCUT2D eigenvalue weighted by Crippen LogP contribution is -2.40. The fraction of sp³-hybridized carbons (Fsp3) is 0.769. The summed E-state index contributed by atoms with van der Waals surface area (Å²) in [5.41, 5.74) is 4.85. The van der Waals surface area contributed by atoms with Gasteiger partial charge in [0.05, 0.1) is 6.61 Å². The standard InChI is InChI=1S/C13H23N3O4S/c1-4-20-10(17)9(14)5-7-21-8-6-16-11(18)13(2,3)15-12(16)19/h9H,4-8,14H2,1-3H3,(H,15,19). The molecule has 120 valence electrons. The van der Waals surface area contributed by atoms with Gasteiger partial charge in [0, 0.05) is 12.3 Å². The number of imide groups is 1. The molecule has 1 rings (SSSR count). The van der Waals surface area contributed by atoms with E-state index >= 15 is 0 Å². The molecule has 1 unspecified atom stereocenters. The highest BCUT2D eigenvalue weighted by Crippen LogP contribution is 2.17. The summed E-state index contributed by atoms with van der Waals surface area (Å²) in [4.78, 5) is 36.1. The molecule has 0 aromatic rings. The minimum absolute atomic E-state index is 0.212. The molecule has 8 heteroatoms. The van der Waals surface area contributed by atoms with E-state index < -0.39 is 17.6 Å². The summed E-state index contributed by atoms with van der Waals surface area (Å²) < 4.78 is 4.81. The Morgan fingerprint density at radius 3 is 2.62 bits per heavy atom. The molecule has 0 spiro atoms. The highest BCUT2D eigenvalue weighted by molar-refractivity contribution is 7.99. The first-order valence-electron chi connectivity index (χ1n) is 6.93. The number of thioether (sulfide) groups is 1. The quantitative estimate of drug-likeness (QED) is 0.380. The van der Waals surface area contributed by atoms with Gasteiger partial charge in [-0.15, -0.1) is 0 Å². The highest BCUT2D eigenvalue weighted by atomic mass is 32.2. The molecular weight excluding hydrogens is 294 g/mol. The number of rotatable bonds is 8. The van der Waals surface area contributed by atoms with E-state index in [4.69, 9.17) is 10.5 Å². The fourth-order valence-electron chi connectivity index (χ4n) is 1.86. The topological polar surface area (TPSA) is 102 Å². The Kier molecular flexibility index (Phi) is 6.47. The third-order valence-corrected chi connectivity index (χ3v) is 4.06. The third kappa shape index (κ3) is 4.89. The molecule has 1 fully saturated rings. The second kappa shape index (κ2) is 7.65. The monoisotopic (exact) mass is 317 g/mol. The van der Waals surface area contributed by atoms with Crippen LogP contribution in [-0.4, -0.2) is 59.0 Å². The zero-order chi connectivity index (χ0) is 16.0. The van der Waals surface area contributed by atoms with Gasteiger partial charge in [-0.25, -0.2) is 4.79 Å². The molecule has 1 aliphatic rings. The average Bonchev–Trinajstić information content (AvgIpc) is 2.59. The second-order valence-electron chi connectivity index (χ2n) is 5.27. The maximum absolute atomic E-state index is 11.9. The number of urea groups is 1. The van der Waals surface area contributed by atoms with Crippen molar-refractivity contribution in [2.24, 2.45) is 5.73 Å². The lowest BCUT2D eigenvalue weighted by Gasteiger charge is -2.16. The van der Waals surface area contributed by atoms with E-state index in [9.17, 15) is 14.4 Å². The van der Waals surface area contributed by atoms with Gasteiger partial charge in [0.2, 0.25) is 0 Å². The number of hydrogen-bond donors (Lipinski definition) is 2. The Morgan fingerprint density at radius 2 is 2.10 bits per heavy atom. The molecule has 3 amide bonds. The van der Waals surface area contributed by atoms with Crippen LogP contribution in [0.25, 0.3) is 0 Å². The van der Waals surface area contributed by atoms with Gasteiger partial charge in [-0.3, -0.25) is 14.5 Å². The van der Waals surface area contributed by atoms with Crippen molar-refractivity contribution in [3.8, 4) is 0 Å². The Balaban J connectivity index is 2.22. The van der Waals surface area contributed by atoms with E-state index in [2.05, 4.69) is 5.32 Å². The molecule has 1 atom stereocenters. The molecule has 0 bridgehead atoms. The second-order valence-corrected chi connectivity index (χ2v) is 6.50. The summed E-state index contributed by atoms with van der Waals surface area (Å²) in [6.07, 6.45) is 0.509. The van der Waals surface area contributed by atoms with Crippen molar-refractivity contribution in [1.82, 2.24) is 10.2 Å². The molecule has 0 aliphatic carbocycles. The van der Waals surface area contributed by atoms with Gasteiger partial charge in [-0.2, -0.15) is 11.8 Å². The van der Waals surface area contributed by atoms with E-state index in [-0.39, 0.29) is 11.9 Å². The number of carbonyl (C=O) groups excluding carboxylic acids is 3. The predicted octanol–water partition coefficient (Wildman–Crippen LogP) is 0.331. The Hall–Kier alpha value is -1.28. The van der Waals surface area contributed by atoms with Gasteiger partial charge in [0.1, 0.15) is 11.6 Å². The van der Waals surface area contributed by atoms with Crippen molar-refractivity contribution in [3.05, 3.63) is 0 Å². The minimum atomic E-state index is -0.825.